The van der Waals surface area contributed by atoms with E-state index in [-0.39, 0.29) is 5.91 Å². The first-order valence-electron chi connectivity index (χ1n) is 10.3. The van der Waals surface area contributed by atoms with Crippen LogP contribution in [0.15, 0.2) is 48.5 Å². The van der Waals surface area contributed by atoms with Crippen LogP contribution in [0, 0.1) is 0 Å². The minimum atomic E-state index is -3.70. The van der Waals surface area contributed by atoms with Crippen molar-refractivity contribution in [3.63, 3.8) is 0 Å². The van der Waals surface area contributed by atoms with Gasteiger partial charge in [-0.2, -0.15) is 0 Å². The number of benzene rings is 2. The van der Waals surface area contributed by atoms with Crippen molar-refractivity contribution < 1.29 is 22.7 Å². The van der Waals surface area contributed by atoms with Crippen molar-refractivity contribution in [1.29, 1.82) is 0 Å². The molecule has 0 radical (unpaired) electrons. The molecule has 9 heteroatoms. The molecule has 0 unspecified atom stereocenters. The van der Waals surface area contributed by atoms with Crippen LogP contribution in [0.3, 0.4) is 0 Å². The van der Waals surface area contributed by atoms with Crippen LogP contribution in [-0.4, -0.2) is 70.9 Å². The molecule has 0 N–H and O–H groups in total. The number of amides is 1. The Morgan fingerprint density at radius 2 is 1.61 bits per heavy atom. The molecule has 2 aliphatic heterocycles. The Labute approximate surface area is 183 Å². The van der Waals surface area contributed by atoms with Gasteiger partial charge < -0.3 is 19.3 Å². The second-order valence-electron chi connectivity index (χ2n) is 7.71. The smallest absolute Gasteiger partial charge is 0.246 e. The van der Waals surface area contributed by atoms with Gasteiger partial charge in [-0.05, 0) is 31.2 Å². The Kier molecular flexibility index (Phi) is 5.95. The number of carbonyl (C=O) groups is 1. The zero-order valence-corrected chi connectivity index (χ0v) is 18.5. The number of anilines is 2. The number of nitrogens with zero attached hydrogens (tertiary/aromatic N) is 3. The molecule has 0 aromatic heterocycles. The first kappa shape index (κ1) is 21.3. The lowest BCUT2D eigenvalue weighted by atomic mass is 10.2. The number of hydrogen-bond donors (Lipinski definition) is 0. The van der Waals surface area contributed by atoms with E-state index in [9.17, 15) is 13.2 Å². The van der Waals surface area contributed by atoms with Gasteiger partial charge in [0.1, 0.15) is 19.3 Å². The largest absolute Gasteiger partial charge is 0.486 e. The number of ether oxygens (including phenoxy) is 2. The quantitative estimate of drug-likeness (QED) is 0.700. The Hall–Kier alpha value is -2.94. The van der Waals surface area contributed by atoms with E-state index in [0.29, 0.717) is 56.6 Å². The van der Waals surface area contributed by atoms with E-state index >= 15 is 0 Å². The van der Waals surface area contributed by atoms with Gasteiger partial charge in [0.25, 0.3) is 0 Å². The molecule has 166 valence electrons. The lowest BCUT2D eigenvalue weighted by Gasteiger charge is -2.39. The summed E-state index contributed by atoms with van der Waals surface area (Å²) in [6.07, 6.45) is 1.11. The van der Waals surface area contributed by atoms with Crippen molar-refractivity contribution in [2.45, 2.75) is 13.0 Å². The van der Waals surface area contributed by atoms with Crippen molar-refractivity contribution >= 4 is 27.3 Å². The Morgan fingerprint density at radius 1 is 0.968 bits per heavy atom. The van der Waals surface area contributed by atoms with Crippen molar-refractivity contribution in [3.8, 4) is 11.5 Å². The minimum Gasteiger partial charge on any atom is -0.486 e. The Balaban J connectivity index is 1.50. The van der Waals surface area contributed by atoms with Gasteiger partial charge in [0.15, 0.2) is 11.5 Å². The number of fused-ring (bicyclic) bond motifs is 1. The van der Waals surface area contributed by atoms with Gasteiger partial charge in [0.2, 0.25) is 15.9 Å². The standard InChI is InChI=1S/C22H27N3O5S/c1-17(22(26)24-12-10-23(11-13-24)18-6-4-3-5-7-18)25(31(2,27)28)19-8-9-20-21(16-19)30-15-14-29-20/h3-9,16-17H,10-15H2,1-2H3/t17-/m0/s1. The highest BCUT2D eigenvalue weighted by molar-refractivity contribution is 7.92. The SMILES string of the molecule is C[C@@H](C(=O)N1CCN(c2ccccc2)CC1)N(c1ccc2c(c1)OCCO2)S(C)(=O)=O. The molecule has 31 heavy (non-hydrogen) atoms. The van der Waals surface area contributed by atoms with Crippen LogP contribution in [0.4, 0.5) is 11.4 Å². The molecule has 2 aromatic carbocycles. The van der Waals surface area contributed by atoms with E-state index < -0.39 is 16.1 Å². The molecule has 1 fully saturated rings. The van der Waals surface area contributed by atoms with Crippen LogP contribution in [0.25, 0.3) is 0 Å². The summed E-state index contributed by atoms with van der Waals surface area (Å²) >= 11 is 0. The minimum absolute atomic E-state index is 0.215. The summed E-state index contributed by atoms with van der Waals surface area (Å²) in [6.45, 7) is 4.95. The van der Waals surface area contributed by atoms with Crippen LogP contribution in [0.2, 0.25) is 0 Å². The van der Waals surface area contributed by atoms with Crippen molar-refractivity contribution in [2.24, 2.45) is 0 Å². The second-order valence-corrected chi connectivity index (χ2v) is 9.57. The van der Waals surface area contributed by atoms with E-state index in [1.807, 2.05) is 30.3 Å². The molecular weight excluding hydrogens is 418 g/mol. The van der Waals surface area contributed by atoms with Crippen molar-refractivity contribution in [2.75, 3.05) is 54.9 Å². The lowest BCUT2D eigenvalue weighted by Crippen LogP contribution is -2.55. The molecule has 2 heterocycles. The topological polar surface area (TPSA) is 79.4 Å². The predicted octanol–water partition coefficient (Wildman–Crippen LogP) is 1.96. The maximum absolute atomic E-state index is 13.2. The van der Waals surface area contributed by atoms with E-state index in [2.05, 4.69) is 4.90 Å². The van der Waals surface area contributed by atoms with Crippen LogP contribution in [0.5, 0.6) is 11.5 Å². The second kappa shape index (κ2) is 8.66. The molecule has 0 spiro atoms. The third-order valence-corrected chi connectivity index (χ3v) is 6.80. The van der Waals surface area contributed by atoms with E-state index in [0.717, 1.165) is 16.2 Å². The van der Waals surface area contributed by atoms with E-state index in [1.54, 1.807) is 30.0 Å². The van der Waals surface area contributed by atoms with Crippen LogP contribution in [-0.2, 0) is 14.8 Å². The molecule has 2 aromatic rings. The number of sulfonamides is 1. The van der Waals surface area contributed by atoms with Crippen molar-refractivity contribution in [3.05, 3.63) is 48.5 Å². The zero-order chi connectivity index (χ0) is 22.0. The molecule has 1 amide bonds. The molecule has 4 rings (SSSR count). The number of piperazine rings is 1. The van der Waals surface area contributed by atoms with Crippen molar-refractivity contribution in [1.82, 2.24) is 4.90 Å². The van der Waals surface area contributed by atoms with Gasteiger partial charge in [-0.1, -0.05) is 18.2 Å². The van der Waals surface area contributed by atoms with E-state index in [4.69, 9.17) is 9.47 Å². The fourth-order valence-corrected chi connectivity index (χ4v) is 5.22. The number of hydrogen-bond acceptors (Lipinski definition) is 6. The van der Waals surface area contributed by atoms with Gasteiger partial charge >= 0.3 is 0 Å². The lowest BCUT2D eigenvalue weighted by molar-refractivity contribution is -0.132. The summed E-state index contributed by atoms with van der Waals surface area (Å²) in [4.78, 5) is 17.2. The van der Waals surface area contributed by atoms with E-state index in [1.165, 1.54) is 0 Å². The average molecular weight is 446 g/mol. The summed E-state index contributed by atoms with van der Waals surface area (Å²) in [7, 11) is -3.70. The van der Waals surface area contributed by atoms with Gasteiger partial charge in [0, 0.05) is 37.9 Å². The summed E-state index contributed by atoms with van der Waals surface area (Å²) in [5, 5.41) is 0. The van der Waals surface area contributed by atoms with Gasteiger partial charge in [-0.25, -0.2) is 8.42 Å². The molecule has 8 nitrogen and oxygen atoms in total. The summed E-state index contributed by atoms with van der Waals surface area (Å²) in [6, 6.07) is 14.1. The van der Waals surface area contributed by atoms with Crippen LogP contribution >= 0.6 is 0 Å². The zero-order valence-electron chi connectivity index (χ0n) is 17.7. The summed E-state index contributed by atoms with van der Waals surface area (Å²) < 4.78 is 37.6. The Bertz CT molecular complexity index is 1040. The highest BCUT2D eigenvalue weighted by Gasteiger charge is 2.34. The fraction of sp³-hybridized carbons (Fsp3) is 0.409. The van der Waals surface area contributed by atoms with Gasteiger partial charge in [-0.15, -0.1) is 0 Å². The summed E-state index contributed by atoms with van der Waals surface area (Å²) in [5.74, 6) is 0.834. The molecule has 1 saturated heterocycles. The normalized spacial score (nSPS) is 17.2. The Morgan fingerprint density at radius 3 is 2.26 bits per heavy atom. The molecular formula is C22H27N3O5S. The molecule has 1 atom stereocenters. The number of para-hydroxylation sites is 1. The number of rotatable bonds is 5. The third-order valence-electron chi connectivity index (χ3n) is 5.56. The molecule has 0 bridgehead atoms. The molecule has 0 aliphatic carbocycles. The highest BCUT2D eigenvalue weighted by atomic mass is 32.2. The monoisotopic (exact) mass is 445 g/mol. The predicted molar refractivity (Wildman–Crippen MR) is 119 cm³/mol. The third kappa shape index (κ3) is 4.56. The average Bonchev–Trinajstić information content (AvgIpc) is 2.78. The molecule has 2 aliphatic rings. The van der Waals surface area contributed by atoms with Gasteiger partial charge in [-0.3, -0.25) is 9.10 Å². The maximum atomic E-state index is 13.2. The first-order chi connectivity index (χ1) is 14.8. The molecule has 0 saturated carbocycles. The fourth-order valence-electron chi connectivity index (χ4n) is 4.06. The maximum Gasteiger partial charge on any atom is 0.246 e. The first-order valence-corrected chi connectivity index (χ1v) is 12.2. The highest BCUT2D eigenvalue weighted by Crippen LogP contribution is 2.35. The van der Waals surface area contributed by atoms with Crippen LogP contribution < -0.4 is 18.7 Å². The summed E-state index contributed by atoms with van der Waals surface area (Å²) in [5.41, 5.74) is 1.51. The van der Waals surface area contributed by atoms with Crippen LogP contribution in [0.1, 0.15) is 6.92 Å². The van der Waals surface area contributed by atoms with Gasteiger partial charge in [0.05, 0.1) is 11.9 Å². The number of carbonyl (C=O) groups excluding carboxylic acids is 1.